The number of ether oxygens (including phenoxy) is 2. The van der Waals surface area contributed by atoms with Crippen LogP contribution in [0, 0.1) is 0 Å². The lowest BCUT2D eigenvalue weighted by atomic mass is 10.0. The van der Waals surface area contributed by atoms with Gasteiger partial charge in [-0.2, -0.15) is 0 Å². The van der Waals surface area contributed by atoms with Gasteiger partial charge < -0.3 is 9.47 Å². The lowest BCUT2D eigenvalue weighted by Gasteiger charge is -2.16. The summed E-state index contributed by atoms with van der Waals surface area (Å²) in [6.07, 6.45) is 12.7. The number of hydrogen-bond donors (Lipinski definition) is 0. The zero-order valence-corrected chi connectivity index (χ0v) is 17.2. The largest absolute Gasteiger partial charge is 0.497 e. The van der Waals surface area contributed by atoms with Gasteiger partial charge in [0.25, 0.3) is 0 Å². The van der Waals surface area contributed by atoms with Crippen molar-refractivity contribution in [2.75, 3.05) is 7.11 Å². The Balaban J connectivity index is 2.20. The van der Waals surface area contributed by atoms with Crippen LogP contribution < -0.4 is 4.74 Å². The summed E-state index contributed by atoms with van der Waals surface area (Å²) in [6, 6.07) is 7.80. The molecular weight excluding hydrogens is 348 g/mol. The van der Waals surface area contributed by atoms with E-state index in [1.165, 1.54) is 51.4 Å². The quantitative estimate of drug-likeness (QED) is 0.237. The molecule has 26 heavy (non-hydrogen) atoms. The van der Waals surface area contributed by atoms with Crippen LogP contribution in [0.15, 0.2) is 24.3 Å². The van der Waals surface area contributed by atoms with Crippen LogP contribution in [-0.2, 0) is 16.1 Å². The monoisotopic (exact) mass is 382 g/mol. The molecule has 0 bridgehead atoms. The van der Waals surface area contributed by atoms with Crippen molar-refractivity contribution in [1.82, 2.24) is 0 Å². The molecule has 0 spiro atoms. The van der Waals surface area contributed by atoms with Crippen molar-refractivity contribution in [2.45, 2.75) is 90.3 Å². The third kappa shape index (κ3) is 11.5. The van der Waals surface area contributed by atoms with Gasteiger partial charge in [0.15, 0.2) is 0 Å². The summed E-state index contributed by atoms with van der Waals surface area (Å²) in [4.78, 5) is 11.3. The Bertz CT molecular complexity index is 473. The van der Waals surface area contributed by atoms with E-state index in [2.05, 4.69) is 6.92 Å². The van der Waals surface area contributed by atoms with Gasteiger partial charge in [0.2, 0.25) is 5.24 Å². The molecule has 0 aliphatic carbocycles. The molecular formula is C22H35ClO3. The Hall–Kier alpha value is -1.06. The molecule has 4 heteroatoms. The molecule has 0 fully saturated rings. The first-order valence-corrected chi connectivity index (χ1v) is 10.5. The summed E-state index contributed by atoms with van der Waals surface area (Å²) in [6.45, 7) is 2.75. The number of halogens is 1. The maximum atomic E-state index is 11.3. The highest BCUT2D eigenvalue weighted by atomic mass is 35.5. The van der Waals surface area contributed by atoms with Crippen molar-refractivity contribution < 1.29 is 14.3 Å². The molecule has 1 rings (SSSR count). The van der Waals surface area contributed by atoms with E-state index in [-0.39, 0.29) is 17.8 Å². The minimum Gasteiger partial charge on any atom is -0.497 e. The van der Waals surface area contributed by atoms with Crippen LogP contribution in [0.25, 0.3) is 0 Å². The highest BCUT2D eigenvalue weighted by molar-refractivity contribution is 6.63. The van der Waals surface area contributed by atoms with Crippen LogP contribution >= 0.6 is 11.6 Å². The van der Waals surface area contributed by atoms with E-state index in [1.54, 1.807) is 7.11 Å². The van der Waals surface area contributed by atoms with Gasteiger partial charge in [-0.3, -0.25) is 4.79 Å². The second-order valence-corrected chi connectivity index (χ2v) is 7.38. The van der Waals surface area contributed by atoms with Gasteiger partial charge in [0.1, 0.15) is 5.75 Å². The molecule has 0 saturated carbocycles. The normalized spacial score (nSPS) is 12.1. The van der Waals surface area contributed by atoms with Crippen molar-refractivity contribution in [3.05, 3.63) is 29.8 Å². The van der Waals surface area contributed by atoms with E-state index in [4.69, 9.17) is 21.1 Å². The molecule has 0 radical (unpaired) electrons. The Labute approximate surface area is 164 Å². The smallest absolute Gasteiger partial charge is 0.224 e. The molecule has 1 atom stereocenters. The molecule has 0 unspecified atom stereocenters. The van der Waals surface area contributed by atoms with Crippen molar-refractivity contribution >= 4 is 16.8 Å². The van der Waals surface area contributed by atoms with Gasteiger partial charge in [-0.25, -0.2) is 0 Å². The van der Waals surface area contributed by atoms with E-state index < -0.39 is 0 Å². The van der Waals surface area contributed by atoms with E-state index >= 15 is 0 Å². The fourth-order valence-corrected chi connectivity index (χ4v) is 3.21. The first-order valence-electron chi connectivity index (χ1n) is 10.1. The third-order valence-electron chi connectivity index (χ3n) is 4.66. The molecule has 0 N–H and O–H groups in total. The Morgan fingerprint density at radius 1 is 0.962 bits per heavy atom. The molecule has 0 heterocycles. The van der Waals surface area contributed by atoms with Crippen LogP contribution in [0.2, 0.25) is 0 Å². The van der Waals surface area contributed by atoms with Gasteiger partial charge in [0, 0.05) is 6.42 Å². The minimum atomic E-state index is -0.319. The average molecular weight is 383 g/mol. The summed E-state index contributed by atoms with van der Waals surface area (Å²) < 4.78 is 11.1. The fraction of sp³-hybridized carbons (Fsp3) is 0.682. The van der Waals surface area contributed by atoms with E-state index in [1.807, 2.05) is 24.3 Å². The summed E-state index contributed by atoms with van der Waals surface area (Å²) >= 11 is 5.58. The first kappa shape index (κ1) is 23.0. The summed E-state index contributed by atoms with van der Waals surface area (Å²) in [5.74, 6) is 0.830. The van der Waals surface area contributed by atoms with Crippen LogP contribution in [0.3, 0.4) is 0 Å². The van der Waals surface area contributed by atoms with Gasteiger partial charge in [-0.1, -0.05) is 76.8 Å². The van der Waals surface area contributed by atoms with Gasteiger partial charge in [-0.05, 0) is 35.7 Å². The molecule has 0 aliphatic heterocycles. The number of carbonyl (C=O) groups is 1. The molecule has 0 aromatic heterocycles. The van der Waals surface area contributed by atoms with E-state index in [0.29, 0.717) is 6.61 Å². The SMILES string of the molecule is CCCCCCCCCCC[C@H](CC(=O)Cl)OCc1ccc(OC)cc1. The molecule has 1 aromatic carbocycles. The molecule has 148 valence electrons. The van der Waals surface area contributed by atoms with E-state index in [0.717, 1.165) is 24.2 Å². The second-order valence-electron chi connectivity index (χ2n) is 6.96. The van der Waals surface area contributed by atoms with Crippen molar-refractivity contribution in [3.8, 4) is 5.75 Å². The molecule has 0 amide bonds. The molecule has 0 aliphatic rings. The molecule has 3 nitrogen and oxygen atoms in total. The predicted molar refractivity (Wildman–Crippen MR) is 109 cm³/mol. The second kappa shape index (κ2) is 15.0. The number of carbonyl (C=O) groups excluding carboxylic acids is 1. The zero-order chi connectivity index (χ0) is 19.0. The maximum Gasteiger partial charge on any atom is 0.224 e. The Kier molecular flexibility index (Phi) is 13.3. The minimum absolute atomic E-state index is 0.0911. The fourth-order valence-electron chi connectivity index (χ4n) is 3.04. The molecule has 1 aromatic rings. The summed E-state index contributed by atoms with van der Waals surface area (Å²) in [5, 5.41) is -0.319. The predicted octanol–water partition coefficient (Wildman–Crippen LogP) is 6.66. The van der Waals surface area contributed by atoms with Crippen molar-refractivity contribution in [1.29, 1.82) is 0 Å². The van der Waals surface area contributed by atoms with E-state index in [9.17, 15) is 4.79 Å². The van der Waals surface area contributed by atoms with Crippen LogP contribution in [0.4, 0.5) is 0 Å². The zero-order valence-electron chi connectivity index (χ0n) is 16.5. The van der Waals surface area contributed by atoms with Crippen molar-refractivity contribution in [2.24, 2.45) is 0 Å². The maximum absolute atomic E-state index is 11.3. The van der Waals surface area contributed by atoms with Crippen LogP contribution in [-0.4, -0.2) is 18.5 Å². The number of rotatable bonds is 16. The van der Waals surface area contributed by atoms with Crippen molar-refractivity contribution in [3.63, 3.8) is 0 Å². The lowest BCUT2D eigenvalue weighted by molar-refractivity contribution is -0.114. The third-order valence-corrected chi connectivity index (χ3v) is 4.82. The van der Waals surface area contributed by atoms with Gasteiger partial charge in [0.05, 0.1) is 19.8 Å². The topological polar surface area (TPSA) is 35.5 Å². The Morgan fingerprint density at radius 2 is 1.54 bits per heavy atom. The summed E-state index contributed by atoms with van der Waals surface area (Å²) in [7, 11) is 1.65. The lowest BCUT2D eigenvalue weighted by Crippen LogP contribution is -2.15. The standard InChI is InChI=1S/C22H35ClO3/c1-3-4-5-6-7-8-9-10-11-12-21(17-22(23)24)26-18-19-13-15-20(25-2)16-14-19/h13-16,21H,3-12,17-18H2,1-2H3/t21-/m1/s1. The van der Waals surface area contributed by atoms with Gasteiger partial charge >= 0.3 is 0 Å². The van der Waals surface area contributed by atoms with Crippen LogP contribution in [0.5, 0.6) is 5.75 Å². The first-order chi connectivity index (χ1) is 12.7. The number of benzene rings is 1. The van der Waals surface area contributed by atoms with Gasteiger partial charge in [-0.15, -0.1) is 0 Å². The highest BCUT2D eigenvalue weighted by Crippen LogP contribution is 2.18. The van der Waals surface area contributed by atoms with Crippen LogP contribution in [0.1, 0.15) is 83.1 Å². The number of hydrogen-bond acceptors (Lipinski definition) is 3. The Morgan fingerprint density at radius 3 is 2.08 bits per heavy atom. The number of methoxy groups -OCH3 is 1. The summed E-state index contributed by atoms with van der Waals surface area (Å²) in [5.41, 5.74) is 1.07. The average Bonchev–Trinajstić information content (AvgIpc) is 2.64. The highest BCUT2D eigenvalue weighted by Gasteiger charge is 2.13. The molecule has 0 saturated heterocycles. The number of unbranched alkanes of at least 4 members (excludes halogenated alkanes) is 8.